The number of carboxylic acids is 1. The Morgan fingerprint density at radius 3 is 2.71 bits per heavy atom. The molecule has 6 heteroatoms. The van der Waals surface area contributed by atoms with E-state index in [9.17, 15) is 9.59 Å². The van der Waals surface area contributed by atoms with E-state index in [0.717, 1.165) is 24.8 Å². The molecule has 1 aromatic carbocycles. The minimum absolute atomic E-state index is 0.0464. The zero-order valence-electron chi connectivity index (χ0n) is 11.6. The van der Waals surface area contributed by atoms with Crippen LogP contribution in [-0.4, -0.2) is 36.7 Å². The summed E-state index contributed by atoms with van der Waals surface area (Å²) < 4.78 is 4.90. The van der Waals surface area contributed by atoms with Gasteiger partial charge < -0.3 is 15.2 Å². The Balaban J connectivity index is 1.91. The standard InChI is InChI=1S/C15H18ClNO4/c16-12-4-1-3-11(9-12)15(5-2-6-15)14(20)17-7-8-21-10-13(18)19/h1,3-4,9H,2,5-8,10H2,(H,17,20)(H,18,19). The average molecular weight is 312 g/mol. The van der Waals surface area contributed by atoms with Crippen molar-refractivity contribution in [3.05, 3.63) is 34.9 Å². The number of aliphatic carboxylic acids is 1. The molecule has 0 unspecified atom stereocenters. The first-order valence-corrected chi connectivity index (χ1v) is 7.26. The number of hydrogen-bond donors (Lipinski definition) is 2. The van der Waals surface area contributed by atoms with Crippen LogP contribution in [0, 0.1) is 0 Å². The highest BCUT2D eigenvalue weighted by Gasteiger charge is 2.45. The Morgan fingerprint density at radius 1 is 1.38 bits per heavy atom. The largest absolute Gasteiger partial charge is 0.480 e. The lowest BCUT2D eigenvalue weighted by Crippen LogP contribution is -2.49. The van der Waals surface area contributed by atoms with E-state index >= 15 is 0 Å². The van der Waals surface area contributed by atoms with Gasteiger partial charge in [0.2, 0.25) is 5.91 Å². The van der Waals surface area contributed by atoms with Crippen molar-refractivity contribution in [2.45, 2.75) is 24.7 Å². The van der Waals surface area contributed by atoms with Crippen molar-refractivity contribution in [1.29, 1.82) is 0 Å². The van der Waals surface area contributed by atoms with Gasteiger partial charge in [-0.1, -0.05) is 30.2 Å². The van der Waals surface area contributed by atoms with Gasteiger partial charge in [0, 0.05) is 11.6 Å². The molecule has 1 aliphatic rings. The number of benzene rings is 1. The summed E-state index contributed by atoms with van der Waals surface area (Å²) in [5.74, 6) is -1.06. The maximum Gasteiger partial charge on any atom is 0.329 e. The normalized spacial score (nSPS) is 16.0. The molecular formula is C15H18ClNO4. The average Bonchev–Trinajstić information content (AvgIpc) is 2.36. The van der Waals surface area contributed by atoms with Gasteiger partial charge in [-0.15, -0.1) is 0 Å². The lowest BCUT2D eigenvalue weighted by molar-refractivity contribution is -0.142. The second kappa shape index (κ2) is 6.91. The zero-order chi connectivity index (χ0) is 15.3. The summed E-state index contributed by atoms with van der Waals surface area (Å²) in [5, 5.41) is 11.9. The van der Waals surface area contributed by atoms with Gasteiger partial charge in [-0.25, -0.2) is 4.79 Å². The molecule has 0 atom stereocenters. The Bertz CT molecular complexity index is 528. The summed E-state index contributed by atoms with van der Waals surface area (Å²) >= 11 is 6.00. The summed E-state index contributed by atoms with van der Waals surface area (Å²) in [4.78, 5) is 22.7. The monoisotopic (exact) mass is 311 g/mol. The maximum absolute atomic E-state index is 12.4. The predicted octanol–water partition coefficient (Wildman–Crippen LogP) is 1.98. The molecule has 1 fully saturated rings. The second-order valence-corrected chi connectivity index (χ2v) is 5.58. The van der Waals surface area contributed by atoms with Crippen LogP contribution in [0.4, 0.5) is 0 Å². The van der Waals surface area contributed by atoms with Crippen molar-refractivity contribution in [1.82, 2.24) is 5.32 Å². The highest BCUT2D eigenvalue weighted by molar-refractivity contribution is 6.30. The molecule has 5 nitrogen and oxygen atoms in total. The lowest BCUT2D eigenvalue weighted by atomic mass is 9.64. The van der Waals surface area contributed by atoms with Gasteiger partial charge in [-0.05, 0) is 30.5 Å². The molecule has 0 spiro atoms. The summed E-state index contributed by atoms with van der Waals surface area (Å²) in [6.07, 6.45) is 2.61. The number of ether oxygens (including phenoxy) is 1. The fraction of sp³-hybridized carbons (Fsp3) is 0.467. The van der Waals surface area contributed by atoms with Gasteiger partial charge in [0.25, 0.3) is 0 Å². The van der Waals surface area contributed by atoms with E-state index in [0.29, 0.717) is 11.6 Å². The second-order valence-electron chi connectivity index (χ2n) is 5.15. The van der Waals surface area contributed by atoms with E-state index in [1.165, 1.54) is 0 Å². The van der Waals surface area contributed by atoms with Crippen molar-refractivity contribution in [2.75, 3.05) is 19.8 Å². The third-order valence-corrected chi connectivity index (χ3v) is 4.01. The van der Waals surface area contributed by atoms with Crippen molar-refractivity contribution >= 4 is 23.5 Å². The van der Waals surface area contributed by atoms with Gasteiger partial charge in [0.05, 0.1) is 12.0 Å². The quantitative estimate of drug-likeness (QED) is 0.755. The Morgan fingerprint density at radius 2 is 2.14 bits per heavy atom. The van der Waals surface area contributed by atoms with Crippen LogP contribution >= 0.6 is 11.6 Å². The Kier molecular flexibility index (Phi) is 5.20. The van der Waals surface area contributed by atoms with Crippen LogP contribution in [0.15, 0.2) is 24.3 Å². The SMILES string of the molecule is O=C(O)COCCNC(=O)C1(c2cccc(Cl)c2)CCC1. The van der Waals surface area contributed by atoms with Crippen molar-refractivity contribution in [3.63, 3.8) is 0 Å². The number of halogens is 1. The number of carboxylic acid groups (broad SMARTS) is 1. The molecule has 2 rings (SSSR count). The van der Waals surface area contributed by atoms with Crippen LogP contribution in [0.1, 0.15) is 24.8 Å². The van der Waals surface area contributed by atoms with Crippen molar-refractivity contribution in [2.24, 2.45) is 0 Å². The molecular weight excluding hydrogens is 294 g/mol. The highest BCUT2D eigenvalue weighted by Crippen LogP contribution is 2.44. The van der Waals surface area contributed by atoms with Gasteiger partial charge in [-0.3, -0.25) is 4.79 Å². The number of carbonyl (C=O) groups is 2. The number of amides is 1. The number of rotatable bonds is 7. The smallest absolute Gasteiger partial charge is 0.329 e. The minimum Gasteiger partial charge on any atom is -0.480 e. The summed E-state index contributed by atoms with van der Waals surface area (Å²) in [6, 6.07) is 7.39. The summed E-state index contributed by atoms with van der Waals surface area (Å²) in [5.41, 5.74) is 0.433. The van der Waals surface area contributed by atoms with E-state index in [1.807, 2.05) is 18.2 Å². The predicted molar refractivity (Wildman–Crippen MR) is 78.4 cm³/mol. The summed E-state index contributed by atoms with van der Waals surface area (Å²) in [7, 11) is 0. The first-order chi connectivity index (χ1) is 10.0. The molecule has 2 N–H and O–H groups in total. The van der Waals surface area contributed by atoms with E-state index in [1.54, 1.807) is 6.07 Å². The summed E-state index contributed by atoms with van der Waals surface area (Å²) in [6.45, 7) is 0.132. The first-order valence-electron chi connectivity index (χ1n) is 6.88. The molecule has 0 radical (unpaired) electrons. The van der Waals surface area contributed by atoms with Gasteiger partial charge in [-0.2, -0.15) is 0 Å². The fourth-order valence-electron chi connectivity index (χ4n) is 2.53. The molecule has 0 saturated heterocycles. The number of nitrogens with one attached hydrogen (secondary N) is 1. The Labute approximate surface area is 128 Å². The Hall–Kier alpha value is -1.59. The molecule has 0 aromatic heterocycles. The van der Waals surface area contributed by atoms with E-state index in [-0.39, 0.29) is 19.1 Å². The highest BCUT2D eigenvalue weighted by atomic mass is 35.5. The number of hydrogen-bond acceptors (Lipinski definition) is 3. The van der Waals surface area contributed by atoms with Crippen LogP contribution in [0.3, 0.4) is 0 Å². The maximum atomic E-state index is 12.4. The molecule has 1 aliphatic carbocycles. The topological polar surface area (TPSA) is 75.6 Å². The van der Waals surface area contributed by atoms with Crippen LogP contribution in [0.2, 0.25) is 5.02 Å². The zero-order valence-corrected chi connectivity index (χ0v) is 12.4. The van der Waals surface area contributed by atoms with Crippen molar-refractivity contribution in [3.8, 4) is 0 Å². The molecule has 0 heterocycles. The van der Waals surface area contributed by atoms with Gasteiger partial charge in [0.1, 0.15) is 6.61 Å². The van der Waals surface area contributed by atoms with E-state index in [4.69, 9.17) is 21.4 Å². The van der Waals surface area contributed by atoms with Crippen LogP contribution in [0.25, 0.3) is 0 Å². The molecule has 114 valence electrons. The molecule has 1 saturated carbocycles. The van der Waals surface area contributed by atoms with E-state index < -0.39 is 11.4 Å². The van der Waals surface area contributed by atoms with Gasteiger partial charge >= 0.3 is 5.97 Å². The first kappa shape index (κ1) is 15.8. The molecule has 1 amide bonds. The molecule has 21 heavy (non-hydrogen) atoms. The minimum atomic E-state index is -1.02. The number of carbonyl (C=O) groups excluding carboxylic acids is 1. The van der Waals surface area contributed by atoms with Gasteiger partial charge in [0.15, 0.2) is 0 Å². The lowest BCUT2D eigenvalue weighted by Gasteiger charge is -2.40. The third kappa shape index (κ3) is 3.74. The molecule has 0 aliphatic heterocycles. The van der Waals surface area contributed by atoms with Crippen molar-refractivity contribution < 1.29 is 19.4 Å². The third-order valence-electron chi connectivity index (χ3n) is 3.78. The molecule has 0 bridgehead atoms. The van der Waals surface area contributed by atoms with Crippen LogP contribution in [0.5, 0.6) is 0 Å². The van der Waals surface area contributed by atoms with Crippen LogP contribution in [-0.2, 0) is 19.7 Å². The fourth-order valence-corrected chi connectivity index (χ4v) is 2.72. The van der Waals surface area contributed by atoms with Crippen LogP contribution < -0.4 is 5.32 Å². The molecule has 1 aromatic rings. The van der Waals surface area contributed by atoms with E-state index in [2.05, 4.69) is 5.32 Å².